The van der Waals surface area contributed by atoms with Crippen LogP contribution in [-0.2, 0) is 4.74 Å². The van der Waals surface area contributed by atoms with E-state index in [9.17, 15) is 4.79 Å². The maximum atomic E-state index is 10.7. The summed E-state index contributed by atoms with van der Waals surface area (Å²) in [4.78, 5) is 10.7. The van der Waals surface area contributed by atoms with E-state index >= 15 is 0 Å². The number of amides is 1. The lowest BCUT2D eigenvalue weighted by Gasteiger charge is -2.38. The van der Waals surface area contributed by atoms with Gasteiger partial charge in [0.15, 0.2) is 0 Å². The van der Waals surface area contributed by atoms with Crippen LogP contribution in [0, 0.1) is 17.3 Å². The average molecular weight is 228 g/mol. The van der Waals surface area contributed by atoms with Gasteiger partial charge in [0.2, 0.25) is 0 Å². The van der Waals surface area contributed by atoms with E-state index in [-0.39, 0.29) is 5.41 Å². The first-order valence-corrected chi connectivity index (χ1v) is 6.04. The molecule has 1 aliphatic heterocycles. The Labute approximate surface area is 97.9 Å². The maximum Gasteiger partial charge on any atom is 0.404 e. The summed E-state index contributed by atoms with van der Waals surface area (Å²) < 4.78 is 5.00. The second kappa shape index (κ2) is 5.53. The normalized spacial score (nSPS) is 20.4. The summed E-state index contributed by atoms with van der Waals surface area (Å²) in [5.74, 6) is 1.02. The van der Waals surface area contributed by atoms with Crippen molar-refractivity contribution in [1.29, 1.82) is 0 Å². The topological polar surface area (TPSA) is 64.3 Å². The molecule has 0 aromatic heterocycles. The van der Waals surface area contributed by atoms with Crippen LogP contribution < -0.4 is 11.1 Å². The average Bonchev–Trinajstić information content (AvgIpc) is 2.17. The third kappa shape index (κ3) is 4.00. The van der Waals surface area contributed by atoms with Gasteiger partial charge in [0.1, 0.15) is 0 Å². The van der Waals surface area contributed by atoms with Gasteiger partial charge in [-0.3, -0.25) is 0 Å². The van der Waals surface area contributed by atoms with Gasteiger partial charge in [-0.25, -0.2) is 4.79 Å². The molecule has 1 atom stereocenters. The Bertz CT molecular complexity index is 230. The number of nitrogens with one attached hydrogen (secondary N) is 1. The van der Waals surface area contributed by atoms with Crippen molar-refractivity contribution in [3.8, 4) is 0 Å². The molecular formula is C12H24N2O2. The highest BCUT2D eigenvalue weighted by molar-refractivity contribution is 5.64. The Balaban J connectivity index is 2.58. The molecular weight excluding hydrogens is 204 g/mol. The number of nitrogens with two attached hydrogens (primary N) is 1. The fourth-order valence-electron chi connectivity index (χ4n) is 2.51. The highest BCUT2D eigenvalue weighted by Gasteiger charge is 2.33. The molecule has 0 aliphatic carbocycles. The number of rotatable bonds is 3. The zero-order valence-electron chi connectivity index (χ0n) is 10.6. The minimum absolute atomic E-state index is 0.150. The van der Waals surface area contributed by atoms with E-state index in [4.69, 9.17) is 10.5 Å². The molecule has 0 aromatic rings. The molecule has 0 aromatic carbocycles. The van der Waals surface area contributed by atoms with Crippen molar-refractivity contribution in [2.45, 2.75) is 33.6 Å². The van der Waals surface area contributed by atoms with Crippen molar-refractivity contribution in [2.75, 3.05) is 19.7 Å². The van der Waals surface area contributed by atoms with Gasteiger partial charge in [-0.2, -0.15) is 0 Å². The van der Waals surface area contributed by atoms with E-state index in [1.807, 2.05) is 0 Å². The molecule has 0 spiro atoms. The van der Waals surface area contributed by atoms with Crippen LogP contribution in [0.4, 0.5) is 4.79 Å². The van der Waals surface area contributed by atoms with Crippen molar-refractivity contribution >= 4 is 6.09 Å². The first-order valence-electron chi connectivity index (χ1n) is 6.04. The van der Waals surface area contributed by atoms with Crippen LogP contribution in [0.25, 0.3) is 0 Å². The summed E-state index contributed by atoms with van der Waals surface area (Å²) in [5.41, 5.74) is 5.19. The van der Waals surface area contributed by atoms with E-state index in [0.717, 1.165) is 25.9 Å². The second-order valence-electron chi connectivity index (χ2n) is 5.69. The monoisotopic (exact) mass is 228 g/mol. The molecule has 16 heavy (non-hydrogen) atoms. The van der Waals surface area contributed by atoms with Gasteiger partial charge in [0, 0.05) is 5.92 Å². The molecule has 1 rings (SSSR count). The Morgan fingerprint density at radius 1 is 1.44 bits per heavy atom. The van der Waals surface area contributed by atoms with Crippen LogP contribution in [-0.4, -0.2) is 25.8 Å². The molecule has 0 bridgehead atoms. The second-order valence-corrected chi connectivity index (χ2v) is 5.69. The van der Waals surface area contributed by atoms with Gasteiger partial charge in [-0.1, -0.05) is 20.8 Å². The number of hydrogen-bond donors (Lipinski definition) is 2. The summed E-state index contributed by atoms with van der Waals surface area (Å²) >= 11 is 0. The molecule has 94 valence electrons. The molecule has 1 amide bonds. The molecule has 1 saturated heterocycles. The quantitative estimate of drug-likeness (QED) is 0.773. The minimum atomic E-state index is -0.664. The zero-order valence-corrected chi connectivity index (χ0v) is 10.6. The molecule has 1 unspecified atom stereocenters. The minimum Gasteiger partial charge on any atom is -0.449 e. The molecule has 3 N–H and O–H groups in total. The standard InChI is InChI=1S/C12H24N2O2/c1-12(2,3)10(8-16-11(13)15)9-4-6-14-7-5-9/h9-10,14H,4-8H2,1-3H3,(H2,13,15). The summed E-state index contributed by atoms with van der Waals surface area (Å²) in [6.07, 6.45) is 1.65. The molecule has 1 heterocycles. The third-order valence-corrected chi connectivity index (χ3v) is 3.47. The van der Waals surface area contributed by atoms with Crippen LogP contribution in [0.3, 0.4) is 0 Å². The molecule has 1 fully saturated rings. The third-order valence-electron chi connectivity index (χ3n) is 3.47. The van der Waals surface area contributed by atoms with Crippen molar-refractivity contribution < 1.29 is 9.53 Å². The van der Waals surface area contributed by atoms with Gasteiger partial charge in [-0.05, 0) is 37.3 Å². The van der Waals surface area contributed by atoms with E-state index in [0.29, 0.717) is 18.4 Å². The van der Waals surface area contributed by atoms with E-state index < -0.39 is 6.09 Å². The maximum absolute atomic E-state index is 10.7. The van der Waals surface area contributed by atoms with E-state index in [1.54, 1.807) is 0 Å². The highest BCUT2D eigenvalue weighted by atomic mass is 16.5. The van der Waals surface area contributed by atoms with Crippen LogP contribution in [0.1, 0.15) is 33.6 Å². The Hall–Kier alpha value is -0.770. The van der Waals surface area contributed by atoms with E-state index in [2.05, 4.69) is 26.1 Å². The van der Waals surface area contributed by atoms with Crippen LogP contribution in [0.2, 0.25) is 0 Å². The Morgan fingerprint density at radius 2 is 2.00 bits per heavy atom. The summed E-state index contributed by atoms with van der Waals surface area (Å²) in [6, 6.07) is 0. The molecule has 0 radical (unpaired) electrons. The number of primary amides is 1. The van der Waals surface area contributed by atoms with Crippen LogP contribution in [0.5, 0.6) is 0 Å². The number of hydrogen-bond acceptors (Lipinski definition) is 3. The number of carbonyl (C=O) groups excluding carboxylic acids is 1. The molecule has 0 saturated carbocycles. The van der Waals surface area contributed by atoms with Gasteiger partial charge < -0.3 is 15.8 Å². The lowest BCUT2D eigenvalue weighted by Crippen LogP contribution is -2.39. The number of ether oxygens (including phenoxy) is 1. The van der Waals surface area contributed by atoms with E-state index in [1.165, 1.54) is 0 Å². The van der Waals surface area contributed by atoms with Gasteiger partial charge in [0.25, 0.3) is 0 Å². The zero-order chi connectivity index (χ0) is 12.2. The Morgan fingerprint density at radius 3 is 2.44 bits per heavy atom. The smallest absolute Gasteiger partial charge is 0.404 e. The summed E-state index contributed by atoms with van der Waals surface area (Å²) in [6.45, 7) is 9.17. The van der Waals surface area contributed by atoms with Crippen molar-refractivity contribution in [2.24, 2.45) is 23.0 Å². The Kier molecular flexibility index (Phi) is 4.59. The largest absolute Gasteiger partial charge is 0.449 e. The van der Waals surface area contributed by atoms with Gasteiger partial charge >= 0.3 is 6.09 Å². The lowest BCUT2D eigenvalue weighted by atomic mass is 9.70. The highest BCUT2D eigenvalue weighted by Crippen LogP contribution is 2.36. The molecule has 1 aliphatic rings. The van der Waals surface area contributed by atoms with Crippen LogP contribution >= 0.6 is 0 Å². The fraction of sp³-hybridized carbons (Fsp3) is 0.917. The predicted octanol–water partition coefficient (Wildman–Crippen LogP) is 1.74. The number of carbonyl (C=O) groups is 1. The first kappa shape index (κ1) is 13.3. The van der Waals surface area contributed by atoms with Crippen LogP contribution in [0.15, 0.2) is 0 Å². The summed E-state index contributed by atoms with van der Waals surface area (Å²) in [7, 11) is 0. The van der Waals surface area contributed by atoms with Crippen molar-refractivity contribution in [3.63, 3.8) is 0 Å². The first-order chi connectivity index (χ1) is 7.41. The molecule has 4 heteroatoms. The van der Waals surface area contributed by atoms with Crippen molar-refractivity contribution in [3.05, 3.63) is 0 Å². The van der Waals surface area contributed by atoms with Crippen molar-refractivity contribution in [1.82, 2.24) is 5.32 Å². The van der Waals surface area contributed by atoms with Gasteiger partial charge in [-0.15, -0.1) is 0 Å². The lowest BCUT2D eigenvalue weighted by molar-refractivity contribution is 0.0492. The fourth-order valence-corrected chi connectivity index (χ4v) is 2.51. The molecule has 4 nitrogen and oxygen atoms in total. The predicted molar refractivity (Wildman–Crippen MR) is 64.1 cm³/mol. The van der Waals surface area contributed by atoms with Gasteiger partial charge in [0.05, 0.1) is 6.61 Å². The summed E-state index contributed by atoms with van der Waals surface area (Å²) in [5, 5.41) is 3.35. The number of piperidine rings is 1. The SMILES string of the molecule is CC(C)(C)C(COC(N)=O)C1CCNCC1.